The van der Waals surface area contributed by atoms with Gasteiger partial charge in [0.1, 0.15) is 16.5 Å². The number of rotatable bonds is 6. The van der Waals surface area contributed by atoms with Crippen LogP contribution in [-0.4, -0.2) is 62.9 Å². The Labute approximate surface area is 180 Å². The second-order valence-corrected chi connectivity index (χ2v) is 9.22. The molecule has 1 atom stereocenters. The summed E-state index contributed by atoms with van der Waals surface area (Å²) in [6.07, 6.45) is 0. The van der Waals surface area contributed by atoms with Gasteiger partial charge in [-0.25, -0.2) is 12.8 Å². The van der Waals surface area contributed by atoms with Crippen LogP contribution < -0.4 is 10.1 Å². The molecule has 7 nitrogen and oxygen atoms in total. The van der Waals surface area contributed by atoms with Gasteiger partial charge in [-0.05, 0) is 37.3 Å². The third kappa shape index (κ3) is 4.75. The summed E-state index contributed by atoms with van der Waals surface area (Å²) in [6.45, 7) is 2.75. The van der Waals surface area contributed by atoms with Crippen molar-refractivity contribution in [1.29, 1.82) is 0 Å². The molecule has 162 valence electrons. The summed E-state index contributed by atoms with van der Waals surface area (Å²) in [7, 11) is -2.43. The molecule has 0 bridgehead atoms. The van der Waals surface area contributed by atoms with Crippen LogP contribution in [0.4, 0.5) is 10.1 Å². The Morgan fingerprint density at radius 3 is 2.47 bits per heavy atom. The van der Waals surface area contributed by atoms with Crippen molar-refractivity contribution in [3.05, 3.63) is 53.3 Å². The maximum absolute atomic E-state index is 14.0. The fraction of sp³-hybridized carbons (Fsp3) is 0.350. The molecule has 0 aromatic heterocycles. The fourth-order valence-electron chi connectivity index (χ4n) is 3.31. The first-order chi connectivity index (χ1) is 14.2. The zero-order valence-corrected chi connectivity index (χ0v) is 18.2. The number of carbonyl (C=O) groups is 1. The first-order valence-corrected chi connectivity index (χ1v) is 11.2. The lowest BCUT2D eigenvalue weighted by atomic mass is 10.2. The first-order valence-electron chi connectivity index (χ1n) is 9.37. The highest BCUT2D eigenvalue weighted by Gasteiger charge is 2.33. The highest BCUT2D eigenvalue weighted by atomic mass is 35.5. The van der Waals surface area contributed by atoms with E-state index in [1.807, 2.05) is 4.90 Å². The van der Waals surface area contributed by atoms with Crippen LogP contribution in [0.15, 0.2) is 47.4 Å². The van der Waals surface area contributed by atoms with E-state index in [2.05, 4.69) is 5.32 Å². The third-order valence-electron chi connectivity index (χ3n) is 5.07. The van der Waals surface area contributed by atoms with Crippen LogP contribution in [0, 0.1) is 5.82 Å². The molecule has 2 aromatic rings. The second kappa shape index (κ2) is 9.30. The minimum Gasteiger partial charge on any atom is -0.495 e. The van der Waals surface area contributed by atoms with E-state index < -0.39 is 21.9 Å². The number of carbonyl (C=O) groups excluding carboxylic acids is 1. The second-order valence-electron chi connectivity index (χ2n) is 6.88. The van der Waals surface area contributed by atoms with Crippen molar-refractivity contribution in [2.75, 3.05) is 38.6 Å². The molecule has 1 N–H and O–H groups in total. The summed E-state index contributed by atoms with van der Waals surface area (Å²) in [5, 5.41) is 3.27. The number of halogens is 2. The van der Waals surface area contributed by atoms with Gasteiger partial charge in [0.2, 0.25) is 15.9 Å². The quantitative estimate of drug-likeness (QED) is 0.724. The van der Waals surface area contributed by atoms with E-state index in [0.717, 1.165) is 6.07 Å². The van der Waals surface area contributed by atoms with Gasteiger partial charge in [0.15, 0.2) is 0 Å². The van der Waals surface area contributed by atoms with Gasteiger partial charge in [0.25, 0.3) is 0 Å². The lowest BCUT2D eigenvalue weighted by Gasteiger charge is -2.36. The van der Waals surface area contributed by atoms with Gasteiger partial charge in [0.05, 0.1) is 18.8 Å². The summed E-state index contributed by atoms with van der Waals surface area (Å²) in [6, 6.07) is 9.73. The van der Waals surface area contributed by atoms with Crippen LogP contribution in [0.3, 0.4) is 0 Å². The van der Waals surface area contributed by atoms with Gasteiger partial charge in [-0.15, -0.1) is 0 Å². The predicted molar refractivity (Wildman–Crippen MR) is 113 cm³/mol. The van der Waals surface area contributed by atoms with Crippen molar-refractivity contribution in [3.63, 3.8) is 0 Å². The SMILES string of the molecule is COc1ccc(Cl)cc1NC(=O)C(C)N1CCN(S(=O)(=O)c2ccccc2F)CC1. The first kappa shape index (κ1) is 22.5. The molecular formula is C20H23ClFN3O4S. The number of anilines is 1. The van der Waals surface area contributed by atoms with E-state index in [9.17, 15) is 17.6 Å². The van der Waals surface area contributed by atoms with Gasteiger partial charge in [0, 0.05) is 31.2 Å². The van der Waals surface area contributed by atoms with E-state index in [1.165, 1.54) is 29.6 Å². The number of sulfonamides is 1. The number of nitrogens with one attached hydrogen (secondary N) is 1. The summed E-state index contributed by atoms with van der Waals surface area (Å²) in [5.41, 5.74) is 0.461. The van der Waals surface area contributed by atoms with Crippen molar-refractivity contribution >= 4 is 33.2 Å². The number of nitrogens with zero attached hydrogens (tertiary/aromatic N) is 2. The van der Waals surface area contributed by atoms with Crippen molar-refractivity contribution in [2.45, 2.75) is 17.9 Å². The number of hydrogen-bond donors (Lipinski definition) is 1. The molecular weight excluding hydrogens is 433 g/mol. The van der Waals surface area contributed by atoms with Crippen LogP contribution >= 0.6 is 11.6 Å². The molecule has 0 radical (unpaired) electrons. The Morgan fingerprint density at radius 1 is 1.17 bits per heavy atom. The Morgan fingerprint density at radius 2 is 1.83 bits per heavy atom. The number of methoxy groups -OCH3 is 1. The molecule has 1 heterocycles. The van der Waals surface area contributed by atoms with Gasteiger partial charge in [-0.3, -0.25) is 9.69 Å². The zero-order valence-electron chi connectivity index (χ0n) is 16.6. The standard InChI is InChI=1S/C20H23ClFN3O4S/c1-14(20(26)23-17-13-15(21)7-8-18(17)29-2)24-9-11-25(12-10-24)30(27,28)19-6-4-3-5-16(19)22/h3-8,13-14H,9-12H2,1-2H3,(H,23,26). The topological polar surface area (TPSA) is 79.0 Å². The lowest BCUT2D eigenvalue weighted by Crippen LogP contribution is -2.54. The van der Waals surface area contributed by atoms with Crippen LogP contribution in [0.2, 0.25) is 5.02 Å². The van der Waals surface area contributed by atoms with Crippen LogP contribution in [0.25, 0.3) is 0 Å². The Bertz CT molecular complexity index is 1030. The minimum atomic E-state index is -3.92. The molecule has 0 saturated carbocycles. The van der Waals surface area contributed by atoms with Crippen LogP contribution in [0.5, 0.6) is 5.75 Å². The summed E-state index contributed by atoms with van der Waals surface area (Å²) >= 11 is 6.00. The average Bonchev–Trinajstić information content (AvgIpc) is 2.73. The van der Waals surface area contributed by atoms with E-state index >= 15 is 0 Å². The summed E-state index contributed by atoms with van der Waals surface area (Å²) < 4.78 is 45.9. The van der Waals surface area contributed by atoms with E-state index in [1.54, 1.807) is 25.1 Å². The molecule has 1 saturated heterocycles. The van der Waals surface area contributed by atoms with Crippen molar-refractivity contribution in [3.8, 4) is 5.75 Å². The summed E-state index contributed by atoms with van der Waals surface area (Å²) in [4.78, 5) is 14.2. The van der Waals surface area contributed by atoms with Crippen molar-refractivity contribution in [2.24, 2.45) is 0 Å². The lowest BCUT2D eigenvalue weighted by molar-refractivity contribution is -0.121. The summed E-state index contributed by atoms with van der Waals surface area (Å²) in [5.74, 6) is -0.551. The molecule has 1 aliphatic heterocycles. The number of piperazine rings is 1. The molecule has 0 spiro atoms. The number of amides is 1. The number of hydrogen-bond acceptors (Lipinski definition) is 5. The van der Waals surface area contributed by atoms with Crippen LogP contribution in [-0.2, 0) is 14.8 Å². The molecule has 30 heavy (non-hydrogen) atoms. The molecule has 1 amide bonds. The Balaban J connectivity index is 1.64. The molecule has 2 aromatic carbocycles. The van der Waals surface area contributed by atoms with Crippen LogP contribution in [0.1, 0.15) is 6.92 Å². The Kier molecular flexibility index (Phi) is 6.97. The largest absolute Gasteiger partial charge is 0.495 e. The molecule has 0 aliphatic carbocycles. The van der Waals surface area contributed by atoms with Gasteiger partial charge in [-0.2, -0.15) is 4.31 Å². The van der Waals surface area contributed by atoms with Gasteiger partial charge in [-0.1, -0.05) is 23.7 Å². The molecule has 1 fully saturated rings. The smallest absolute Gasteiger partial charge is 0.246 e. The van der Waals surface area contributed by atoms with E-state index in [-0.39, 0.29) is 23.9 Å². The van der Waals surface area contributed by atoms with Gasteiger partial charge >= 0.3 is 0 Å². The highest BCUT2D eigenvalue weighted by molar-refractivity contribution is 7.89. The molecule has 3 rings (SSSR count). The van der Waals surface area contributed by atoms with E-state index in [4.69, 9.17) is 16.3 Å². The molecule has 10 heteroatoms. The predicted octanol–water partition coefficient (Wildman–Crippen LogP) is 2.82. The molecule has 1 unspecified atom stereocenters. The van der Waals surface area contributed by atoms with Crippen molar-refractivity contribution < 1.29 is 22.3 Å². The minimum absolute atomic E-state index is 0.161. The third-order valence-corrected chi connectivity index (χ3v) is 7.24. The highest BCUT2D eigenvalue weighted by Crippen LogP contribution is 2.28. The molecule has 1 aliphatic rings. The number of ether oxygens (including phenoxy) is 1. The Hall–Kier alpha value is -2.20. The maximum Gasteiger partial charge on any atom is 0.246 e. The maximum atomic E-state index is 14.0. The fourth-order valence-corrected chi connectivity index (χ4v) is 4.96. The zero-order chi connectivity index (χ0) is 21.9. The average molecular weight is 456 g/mol. The van der Waals surface area contributed by atoms with Crippen molar-refractivity contribution in [1.82, 2.24) is 9.21 Å². The van der Waals surface area contributed by atoms with Gasteiger partial charge < -0.3 is 10.1 Å². The normalized spacial score (nSPS) is 16.8. The number of benzene rings is 2. The van der Waals surface area contributed by atoms with E-state index in [0.29, 0.717) is 29.5 Å². The monoisotopic (exact) mass is 455 g/mol.